The Hall–Kier alpha value is -0.640. The number of hydrogen-bond donors (Lipinski definition) is 0. The van der Waals surface area contributed by atoms with Gasteiger partial charge in [-0.25, -0.2) is 4.98 Å². The number of rotatable bonds is 2. The van der Waals surface area contributed by atoms with Crippen LogP contribution in [0.3, 0.4) is 0 Å². The first kappa shape index (κ1) is 11.5. The van der Waals surface area contributed by atoms with Gasteiger partial charge in [0.25, 0.3) is 0 Å². The highest BCUT2D eigenvalue weighted by Gasteiger charge is 2.25. The average molecular weight is 268 g/mol. The number of aromatic nitrogens is 1. The topological polar surface area (TPSA) is 22.1 Å². The lowest BCUT2D eigenvalue weighted by atomic mass is 9.98. The summed E-state index contributed by atoms with van der Waals surface area (Å²) in [7, 11) is 0. The number of thiazole rings is 1. The predicted octanol–water partition coefficient (Wildman–Crippen LogP) is 3.48. The predicted molar refractivity (Wildman–Crippen MR) is 71.9 cm³/mol. The lowest BCUT2D eigenvalue weighted by Gasteiger charge is -2.26. The van der Waals surface area contributed by atoms with Gasteiger partial charge in [0.05, 0.1) is 21.8 Å². The van der Waals surface area contributed by atoms with E-state index in [0.29, 0.717) is 5.92 Å². The molecule has 3 rings (SSSR count). The molecule has 0 bridgehead atoms. The number of halogens is 1. The van der Waals surface area contributed by atoms with Crippen LogP contribution in [0.15, 0.2) is 24.3 Å². The Bertz CT molecular complexity index is 480. The molecule has 0 radical (unpaired) electrons. The second kappa shape index (κ2) is 4.92. The summed E-state index contributed by atoms with van der Waals surface area (Å²) in [6.07, 6.45) is 1.89. The van der Waals surface area contributed by atoms with Crippen molar-refractivity contribution in [1.82, 2.24) is 4.98 Å². The van der Waals surface area contributed by atoms with Crippen LogP contribution in [0.2, 0.25) is 0 Å². The monoisotopic (exact) mass is 267 g/mol. The molecule has 0 aliphatic carbocycles. The molecule has 0 N–H and O–H groups in total. The Morgan fingerprint density at radius 3 is 3.12 bits per heavy atom. The number of fused-ring (bicyclic) bond motifs is 1. The minimum atomic E-state index is 0.232. The van der Waals surface area contributed by atoms with Crippen LogP contribution in [0.5, 0.6) is 0 Å². The van der Waals surface area contributed by atoms with Gasteiger partial charge in [0.2, 0.25) is 0 Å². The van der Waals surface area contributed by atoms with Crippen molar-refractivity contribution in [2.75, 3.05) is 13.2 Å². The van der Waals surface area contributed by atoms with Crippen molar-refractivity contribution in [2.24, 2.45) is 5.92 Å². The molecular weight excluding hydrogens is 254 g/mol. The Balaban J connectivity index is 1.79. The maximum absolute atomic E-state index is 6.33. The van der Waals surface area contributed by atoms with Gasteiger partial charge in [0.1, 0.15) is 0 Å². The zero-order valence-electron chi connectivity index (χ0n) is 9.43. The zero-order chi connectivity index (χ0) is 11.7. The van der Waals surface area contributed by atoms with Gasteiger partial charge in [-0.2, -0.15) is 0 Å². The number of hydrogen-bond acceptors (Lipinski definition) is 3. The molecule has 4 heteroatoms. The van der Waals surface area contributed by atoms with E-state index in [-0.39, 0.29) is 5.38 Å². The molecule has 17 heavy (non-hydrogen) atoms. The van der Waals surface area contributed by atoms with Crippen molar-refractivity contribution in [3.05, 3.63) is 29.3 Å². The van der Waals surface area contributed by atoms with Crippen molar-refractivity contribution in [1.29, 1.82) is 0 Å². The highest BCUT2D eigenvalue weighted by atomic mass is 35.5. The molecule has 2 atom stereocenters. The average Bonchev–Trinajstić information content (AvgIpc) is 2.74. The van der Waals surface area contributed by atoms with E-state index >= 15 is 0 Å². The minimum absolute atomic E-state index is 0.232. The van der Waals surface area contributed by atoms with Crippen molar-refractivity contribution >= 4 is 33.2 Å². The highest BCUT2D eigenvalue weighted by molar-refractivity contribution is 7.18. The Kier molecular flexibility index (Phi) is 3.32. The van der Waals surface area contributed by atoms with Crippen LogP contribution < -0.4 is 0 Å². The molecule has 1 aromatic carbocycles. The van der Waals surface area contributed by atoms with Crippen LogP contribution in [0.1, 0.15) is 11.4 Å². The van der Waals surface area contributed by atoms with Crippen molar-refractivity contribution in [3.63, 3.8) is 0 Å². The molecule has 2 heterocycles. The fourth-order valence-electron chi connectivity index (χ4n) is 2.19. The van der Waals surface area contributed by atoms with Crippen LogP contribution >= 0.6 is 22.9 Å². The molecule has 1 fully saturated rings. The first-order valence-corrected chi connectivity index (χ1v) is 7.14. The Labute approximate surface area is 110 Å². The van der Waals surface area contributed by atoms with Gasteiger partial charge in [0, 0.05) is 24.3 Å². The smallest absolute Gasteiger partial charge is 0.0942 e. The lowest BCUT2D eigenvalue weighted by Crippen LogP contribution is -2.29. The van der Waals surface area contributed by atoms with E-state index in [1.54, 1.807) is 11.3 Å². The molecule has 1 aliphatic heterocycles. The summed E-state index contributed by atoms with van der Waals surface area (Å²) in [4.78, 5) is 4.65. The third-order valence-electron chi connectivity index (χ3n) is 3.16. The Morgan fingerprint density at radius 1 is 1.41 bits per heavy atom. The largest absolute Gasteiger partial charge is 0.381 e. The van der Waals surface area contributed by atoms with Gasteiger partial charge in [0.15, 0.2) is 0 Å². The fraction of sp³-hybridized carbons (Fsp3) is 0.462. The van der Waals surface area contributed by atoms with Crippen molar-refractivity contribution in [2.45, 2.75) is 18.2 Å². The Morgan fingerprint density at radius 2 is 2.29 bits per heavy atom. The van der Waals surface area contributed by atoms with E-state index in [2.05, 4.69) is 23.2 Å². The molecular formula is C13H14ClNOS. The number of ether oxygens (including phenoxy) is 1. The molecule has 1 aromatic heterocycles. The first-order chi connectivity index (χ1) is 8.33. The first-order valence-electron chi connectivity index (χ1n) is 5.89. The number of nitrogens with zero attached hydrogens (tertiary/aromatic N) is 1. The second-order valence-electron chi connectivity index (χ2n) is 4.42. The van der Waals surface area contributed by atoms with Crippen molar-refractivity contribution < 1.29 is 4.74 Å². The lowest BCUT2D eigenvalue weighted by molar-refractivity contribution is 0.0578. The SMILES string of the molecule is ClC1CCOCC1Cc1nc2ccccc2s1. The molecule has 2 unspecified atom stereocenters. The van der Waals surface area contributed by atoms with Gasteiger partial charge in [-0.1, -0.05) is 12.1 Å². The molecule has 0 amide bonds. The van der Waals surface area contributed by atoms with Gasteiger partial charge < -0.3 is 4.74 Å². The van der Waals surface area contributed by atoms with Gasteiger partial charge in [-0.15, -0.1) is 22.9 Å². The molecule has 2 aromatic rings. The summed E-state index contributed by atoms with van der Waals surface area (Å²) >= 11 is 8.10. The molecule has 1 saturated heterocycles. The van der Waals surface area contributed by atoms with Crippen LogP contribution in [-0.2, 0) is 11.2 Å². The molecule has 90 valence electrons. The van der Waals surface area contributed by atoms with E-state index in [1.807, 2.05) is 6.07 Å². The van der Waals surface area contributed by atoms with Gasteiger partial charge >= 0.3 is 0 Å². The highest BCUT2D eigenvalue weighted by Crippen LogP contribution is 2.28. The zero-order valence-corrected chi connectivity index (χ0v) is 11.0. The summed E-state index contributed by atoms with van der Waals surface area (Å²) in [5, 5.41) is 1.41. The third kappa shape index (κ3) is 2.46. The van der Waals surface area contributed by atoms with Gasteiger partial charge in [-0.3, -0.25) is 0 Å². The summed E-state index contributed by atoms with van der Waals surface area (Å²) < 4.78 is 6.75. The van der Waals surface area contributed by atoms with E-state index in [1.165, 1.54) is 9.71 Å². The summed E-state index contributed by atoms with van der Waals surface area (Å²) in [6.45, 7) is 1.56. The molecule has 0 saturated carbocycles. The minimum Gasteiger partial charge on any atom is -0.381 e. The maximum Gasteiger partial charge on any atom is 0.0942 e. The normalized spacial score (nSPS) is 25.2. The molecule has 1 aliphatic rings. The summed E-state index contributed by atoms with van der Waals surface area (Å²) in [5.74, 6) is 0.408. The van der Waals surface area contributed by atoms with E-state index in [9.17, 15) is 0 Å². The number of benzene rings is 1. The van der Waals surface area contributed by atoms with E-state index in [4.69, 9.17) is 16.3 Å². The van der Waals surface area contributed by atoms with Gasteiger partial charge in [-0.05, 0) is 18.6 Å². The van der Waals surface area contributed by atoms with Crippen LogP contribution in [0.25, 0.3) is 10.2 Å². The van der Waals surface area contributed by atoms with E-state index < -0.39 is 0 Å². The summed E-state index contributed by atoms with van der Waals surface area (Å²) in [6, 6.07) is 8.26. The van der Waals surface area contributed by atoms with Crippen LogP contribution in [0, 0.1) is 5.92 Å². The standard InChI is InChI=1S/C13H14ClNOS/c14-10-5-6-16-8-9(10)7-13-15-11-3-1-2-4-12(11)17-13/h1-4,9-10H,5-8H2. The van der Waals surface area contributed by atoms with Crippen molar-refractivity contribution in [3.8, 4) is 0 Å². The number of alkyl halides is 1. The summed E-state index contributed by atoms with van der Waals surface area (Å²) in [5.41, 5.74) is 1.09. The van der Waals surface area contributed by atoms with E-state index in [0.717, 1.165) is 31.6 Å². The second-order valence-corrected chi connectivity index (χ2v) is 6.09. The quantitative estimate of drug-likeness (QED) is 0.777. The number of para-hydroxylation sites is 1. The molecule has 0 spiro atoms. The third-order valence-corrected chi connectivity index (χ3v) is 4.79. The molecule has 2 nitrogen and oxygen atoms in total. The van der Waals surface area contributed by atoms with Crippen LogP contribution in [0.4, 0.5) is 0 Å². The van der Waals surface area contributed by atoms with Crippen LogP contribution in [-0.4, -0.2) is 23.6 Å². The fourth-order valence-corrected chi connectivity index (χ4v) is 3.50. The maximum atomic E-state index is 6.33.